The van der Waals surface area contributed by atoms with Crippen molar-refractivity contribution >= 4 is 22.1 Å². The van der Waals surface area contributed by atoms with E-state index in [-0.39, 0.29) is 30.3 Å². The smallest absolute Gasteiger partial charge is 0.333 e. The molecular weight excluding hydrogens is 348 g/mol. The molecule has 4 aliphatic rings. The number of ether oxygens (including phenoxy) is 2. The molecule has 0 spiro atoms. The average Bonchev–Trinajstić information content (AvgIpc) is 2.43. The molecule has 1 N–H and O–H groups in total. The molecule has 2 atom stereocenters. The van der Waals surface area contributed by atoms with Gasteiger partial charge in [-0.1, -0.05) is 6.58 Å². The van der Waals surface area contributed by atoms with Gasteiger partial charge in [0.25, 0.3) is 10.1 Å². The van der Waals surface area contributed by atoms with Crippen molar-refractivity contribution in [1.82, 2.24) is 0 Å². The maximum absolute atomic E-state index is 12.4. The molecule has 4 fully saturated rings. The minimum Gasteiger partial charge on any atom is -0.464 e. The van der Waals surface area contributed by atoms with E-state index in [1.54, 1.807) is 6.92 Å². The van der Waals surface area contributed by atoms with E-state index in [1.807, 2.05) is 0 Å². The Morgan fingerprint density at radius 2 is 1.80 bits per heavy atom. The lowest BCUT2D eigenvalue weighted by molar-refractivity contribution is -0.199. The molecule has 0 aromatic carbocycles. The molecule has 2 unspecified atom stereocenters. The summed E-state index contributed by atoms with van der Waals surface area (Å²) in [5.74, 6) is -1.05. The van der Waals surface area contributed by atoms with Crippen LogP contribution >= 0.6 is 0 Å². The van der Waals surface area contributed by atoms with Crippen molar-refractivity contribution in [3.8, 4) is 0 Å². The minimum atomic E-state index is -4.15. The molecule has 0 heterocycles. The van der Waals surface area contributed by atoms with E-state index < -0.39 is 27.4 Å². The zero-order valence-electron chi connectivity index (χ0n) is 14.3. The second-order valence-electron chi connectivity index (χ2n) is 7.80. The number of carbonyl (C=O) groups is 2. The molecule has 0 aliphatic heterocycles. The van der Waals surface area contributed by atoms with E-state index in [1.165, 1.54) is 0 Å². The molecule has 4 aliphatic carbocycles. The van der Waals surface area contributed by atoms with E-state index in [0.29, 0.717) is 24.3 Å². The number of hydrogen-bond donors (Lipinski definition) is 1. The fourth-order valence-electron chi connectivity index (χ4n) is 5.09. The third-order valence-electron chi connectivity index (χ3n) is 5.73. The summed E-state index contributed by atoms with van der Waals surface area (Å²) in [4.78, 5) is 24.4. The molecule has 0 aromatic rings. The number of esters is 2. The van der Waals surface area contributed by atoms with Gasteiger partial charge in [0.2, 0.25) is 0 Å². The van der Waals surface area contributed by atoms with Crippen LogP contribution in [0.4, 0.5) is 0 Å². The summed E-state index contributed by atoms with van der Waals surface area (Å²) in [6.45, 7) is 4.91. The maximum Gasteiger partial charge on any atom is 0.333 e. The zero-order valence-corrected chi connectivity index (χ0v) is 15.1. The summed E-state index contributed by atoms with van der Waals surface area (Å²) in [6, 6.07) is 0. The first kappa shape index (κ1) is 18.4. The summed E-state index contributed by atoms with van der Waals surface area (Å²) in [5.41, 5.74) is -0.130. The van der Waals surface area contributed by atoms with E-state index in [0.717, 1.165) is 19.3 Å². The van der Waals surface area contributed by atoms with Gasteiger partial charge in [-0.25, -0.2) is 4.79 Å². The summed E-state index contributed by atoms with van der Waals surface area (Å²) < 4.78 is 41.1. The van der Waals surface area contributed by atoms with Crippen LogP contribution in [0.25, 0.3) is 0 Å². The van der Waals surface area contributed by atoms with Gasteiger partial charge in [-0.2, -0.15) is 8.42 Å². The Hall–Kier alpha value is -1.41. The van der Waals surface area contributed by atoms with Gasteiger partial charge in [-0.15, -0.1) is 0 Å². The number of carbonyl (C=O) groups excluding carboxylic acids is 2. The topological polar surface area (TPSA) is 107 Å². The average molecular weight is 372 g/mol. The van der Waals surface area contributed by atoms with Crippen molar-refractivity contribution < 1.29 is 32.0 Å². The molecular formula is C17H24O7S. The third-order valence-corrected chi connectivity index (χ3v) is 6.41. The highest BCUT2D eigenvalue weighted by Gasteiger charge is 2.59. The van der Waals surface area contributed by atoms with Crippen LogP contribution in [0, 0.1) is 23.7 Å². The predicted molar refractivity (Wildman–Crippen MR) is 88.1 cm³/mol. The molecule has 140 valence electrons. The molecule has 4 rings (SSSR count). The largest absolute Gasteiger partial charge is 0.464 e. The fourth-order valence-corrected chi connectivity index (χ4v) is 5.38. The Labute approximate surface area is 147 Å². The van der Waals surface area contributed by atoms with Crippen LogP contribution in [-0.2, 0) is 29.2 Å². The highest BCUT2D eigenvalue weighted by Crippen LogP contribution is 2.59. The minimum absolute atomic E-state index is 0.0856. The fraction of sp³-hybridized carbons (Fsp3) is 0.765. The number of rotatable bonds is 6. The highest BCUT2D eigenvalue weighted by atomic mass is 32.2. The lowest BCUT2D eigenvalue weighted by Gasteiger charge is -2.58. The summed E-state index contributed by atoms with van der Waals surface area (Å²) >= 11 is 0. The van der Waals surface area contributed by atoms with Gasteiger partial charge in [-0.3, -0.25) is 9.35 Å². The van der Waals surface area contributed by atoms with Crippen LogP contribution < -0.4 is 0 Å². The van der Waals surface area contributed by atoms with Gasteiger partial charge in [0.1, 0.15) is 18.0 Å². The van der Waals surface area contributed by atoms with Gasteiger partial charge >= 0.3 is 11.9 Å². The van der Waals surface area contributed by atoms with Crippen molar-refractivity contribution in [1.29, 1.82) is 0 Å². The van der Waals surface area contributed by atoms with Crippen LogP contribution in [0.1, 0.15) is 39.0 Å². The van der Waals surface area contributed by atoms with Crippen molar-refractivity contribution in [2.75, 3.05) is 12.4 Å². The van der Waals surface area contributed by atoms with Crippen LogP contribution in [0.15, 0.2) is 12.2 Å². The van der Waals surface area contributed by atoms with Crippen molar-refractivity contribution in [2.24, 2.45) is 23.7 Å². The molecule has 0 aromatic heterocycles. The van der Waals surface area contributed by atoms with Crippen LogP contribution in [0.3, 0.4) is 0 Å². The normalized spacial score (nSPS) is 36.1. The number of hydrogen-bond acceptors (Lipinski definition) is 6. The van der Waals surface area contributed by atoms with E-state index >= 15 is 0 Å². The summed E-state index contributed by atoms with van der Waals surface area (Å²) in [7, 11) is -4.15. The Morgan fingerprint density at radius 1 is 1.20 bits per heavy atom. The molecule has 7 nitrogen and oxygen atoms in total. The Morgan fingerprint density at radius 3 is 2.32 bits per heavy atom. The second kappa shape index (κ2) is 6.39. The molecule has 0 amide bonds. The Kier molecular flexibility index (Phi) is 4.70. The first-order valence-corrected chi connectivity index (χ1v) is 10.2. The van der Waals surface area contributed by atoms with Gasteiger partial charge in [0.15, 0.2) is 0 Å². The van der Waals surface area contributed by atoms with Crippen molar-refractivity contribution in [3.05, 3.63) is 12.2 Å². The van der Waals surface area contributed by atoms with Crippen LogP contribution in [0.2, 0.25) is 0 Å². The summed E-state index contributed by atoms with van der Waals surface area (Å²) in [5, 5.41) is 0. The SMILES string of the molecule is C=C(C)C(=O)OC12CC3CC(C1)C(C(=O)OCCS(=O)(=O)O)C(C3)C2. The molecule has 4 saturated carbocycles. The van der Waals surface area contributed by atoms with E-state index in [2.05, 4.69) is 6.58 Å². The maximum atomic E-state index is 12.4. The first-order valence-electron chi connectivity index (χ1n) is 8.59. The Balaban J connectivity index is 1.66. The predicted octanol–water partition coefficient (Wildman–Crippen LogP) is 1.73. The van der Waals surface area contributed by atoms with Crippen molar-refractivity contribution in [2.45, 2.75) is 44.6 Å². The van der Waals surface area contributed by atoms with E-state index in [9.17, 15) is 18.0 Å². The standard InChI is InChI=1S/C17H24O7S/c1-10(2)15(18)24-17-7-11-5-12(8-17)14(13(6-11)9-17)16(19)23-3-4-25(20,21)22/h11-14H,1,3-9H2,2H3,(H,20,21,22). The van der Waals surface area contributed by atoms with Crippen LogP contribution in [-0.4, -0.2) is 42.9 Å². The second-order valence-corrected chi connectivity index (χ2v) is 9.37. The first-order chi connectivity index (χ1) is 11.6. The Bertz CT molecular complexity index is 680. The molecule has 0 radical (unpaired) electrons. The molecule has 4 bridgehead atoms. The van der Waals surface area contributed by atoms with E-state index in [4.69, 9.17) is 14.0 Å². The zero-order chi connectivity index (χ0) is 18.4. The van der Waals surface area contributed by atoms with Gasteiger partial charge < -0.3 is 9.47 Å². The van der Waals surface area contributed by atoms with Gasteiger partial charge in [0, 0.05) is 5.57 Å². The third kappa shape index (κ3) is 3.89. The monoisotopic (exact) mass is 372 g/mol. The molecule has 0 saturated heterocycles. The van der Waals surface area contributed by atoms with Crippen LogP contribution in [0.5, 0.6) is 0 Å². The molecule has 8 heteroatoms. The summed E-state index contributed by atoms with van der Waals surface area (Å²) in [6.07, 6.45) is 3.92. The quantitative estimate of drug-likeness (QED) is 0.430. The highest BCUT2D eigenvalue weighted by molar-refractivity contribution is 7.85. The van der Waals surface area contributed by atoms with Gasteiger partial charge in [-0.05, 0) is 56.8 Å². The van der Waals surface area contributed by atoms with Crippen molar-refractivity contribution in [3.63, 3.8) is 0 Å². The molecule has 25 heavy (non-hydrogen) atoms. The lowest BCUT2D eigenvalue weighted by Crippen LogP contribution is -2.58. The lowest BCUT2D eigenvalue weighted by atomic mass is 9.50. The van der Waals surface area contributed by atoms with Gasteiger partial charge in [0.05, 0.1) is 5.92 Å².